The predicted octanol–water partition coefficient (Wildman–Crippen LogP) is 2.18. The Bertz CT molecular complexity index is 926. The van der Waals surface area contributed by atoms with Gasteiger partial charge in [0.1, 0.15) is 11.4 Å². The van der Waals surface area contributed by atoms with Crippen molar-refractivity contribution in [3.8, 4) is 0 Å². The van der Waals surface area contributed by atoms with E-state index in [1.165, 1.54) is 24.3 Å². The number of primary amides is 1. The molecule has 8 heteroatoms. The second-order valence-corrected chi connectivity index (χ2v) is 6.77. The van der Waals surface area contributed by atoms with Crippen LogP contribution < -0.4 is 16.6 Å². The lowest BCUT2D eigenvalue weighted by Gasteiger charge is -2.26. The topological polar surface area (TPSA) is 105 Å². The van der Waals surface area contributed by atoms with Gasteiger partial charge in [-0.3, -0.25) is 14.4 Å². The number of H-pyrrole nitrogens is 1. The van der Waals surface area contributed by atoms with E-state index in [0.29, 0.717) is 28.6 Å². The Labute approximate surface area is 150 Å². The third-order valence-electron chi connectivity index (χ3n) is 4.20. The van der Waals surface area contributed by atoms with E-state index in [4.69, 9.17) is 5.73 Å². The number of benzene rings is 1. The molecule has 0 aliphatic heterocycles. The highest BCUT2D eigenvalue weighted by molar-refractivity contribution is 9.10. The monoisotopic (exact) mass is 407 g/mol. The zero-order valence-electron chi connectivity index (χ0n) is 13.1. The summed E-state index contributed by atoms with van der Waals surface area (Å²) in [6.07, 6.45) is 1.98. The van der Waals surface area contributed by atoms with Gasteiger partial charge in [-0.05, 0) is 49.1 Å². The number of fused-ring (bicyclic) bond motifs is 1. The van der Waals surface area contributed by atoms with E-state index >= 15 is 0 Å². The van der Waals surface area contributed by atoms with Crippen LogP contribution in [0.5, 0.6) is 0 Å². The molecule has 2 amide bonds. The summed E-state index contributed by atoms with van der Waals surface area (Å²) in [5.74, 6) is -2.03. The number of nitrogens with one attached hydrogen (secondary N) is 2. The standard InChI is InChI=1S/C17H15BrFN3O3/c18-8-4-5-12(19)9(6-8)16(24)21-13-2-1-3-14-10(13)7-11(15(20)23)17(25)22-14/h4-7,13H,1-3H2,(H2,20,23)(H,21,24)(H,22,25). The zero-order chi connectivity index (χ0) is 18.1. The van der Waals surface area contributed by atoms with Crippen molar-refractivity contribution in [3.05, 3.63) is 67.3 Å². The smallest absolute Gasteiger partial charge is 0.261 e. The van der Waals surface area contributed by atoms with Gasteiger partial charge in [-0.1, -0.05) is 15.9 Å². The number of amides is 2. The van der Waals surface area contributed by atoms with Crippen molar-refractivity contribution in [1.29, 1.82) is 0 Å². The minimum atomic E-state index is -0.835. The molecule has 6 nitrogen and oxygen atoms in total. The molecule has 25 heavy (non-hydrogen) atoms. The van der Waals surface area contributed by atoms with Crippen LogP contribution in [0.15, 0.2) is 33.5 Å². The molecule has 1 aromatic carbocycles. The first-order valence-corrected chi connectivity index (χ1v) is 8.48. The lowest BCUT2D eigenvalue weighted by atomic mass is 9.90. The van der Waals surface area contributed by atoms with Gasteiger partial charge < -0.3 is 16.0 Å². The van der Waals surface area contributed by atoms with Crippen LogP contribution in [0.3, 0.4) is 0 Å². The Morgan fingerprint density at radius 3 is 2.76 bits per heavy atom. The minimum Gasteiger partial charge on any atom is -0.365 e. The van der Waals surface area contributed by atoms with E-state index in [9.17, 15) is 18.8 Å². The van der Waals surface area contributed by atoms with Gasteiger partial charge >= 0.3 is 0 Å². The number of carbonyl (C=O) groups excluding carboxylic acids is 2. The highest BCUT2D eigenvalue weighted by Gasteiger charge is 2.26. The Morgan fingerprint density at radius 2 is 2.04 bits per heavy atom. The van der Waals surface area contributed by atoms with Gasteiger partial charge in [-0.2, -0.15) is 0 Å². The Kier molecular flexibility index (Phi) is 4.71. The van der Waals surface area contributed by atoms with E-state index in [2.05, 4.69) is 26.2 Å². The van der Waals surface area contributed by atoms with Crippen molar-refractivity contribution in [2.75, 3.05) is 0 Å². The summed E-state index contributed by atoms with van der Waals surface area (Å²) in [4.78, 5) is 38.4. The summed E-state index contributed by atoms with van der Waals surface area (Å²) in [5, 5.41) is 2.77. The normalized spacial score (nSPS) is 16.2. The lowest BCUT2D eigenvalue weighted by Crippen LogP contribution is -2.34. The van der Waals surface area contributed by atoms with Gasteiger partial charge in [0.25, 0.3) is 17.4 Å². The van der Waals surface area contributed by atoms with Crippen LogP contribution in [-0.4, -0.2) is 16.8 Å². The molecule has 1 aliphatic carbocycles. The molecule has 130 valence electrons. The summed E-state index contributed by atoms with van der Waals surface area (Å²) in [7, 11) is 0. The number of aromatic nitrogens is 1. The van der Waals surface area contributed by atoms with Crippen LogP contribution in [0.2, 0.25) is 0 Å². The maximum atomic E-state index is 13.9. The van der Waals surface area contributed by atoms with Gasteiger partial charge in [0.2, 0.25) is 0 Å². The summed E-state index contributed by atoms with van der Waals surface area (Å²) in [6.45, 7) is 0. The van der Waals surface area contributed by atoms with Crippen LogP contribution in [0.25, 0.3) is 0 Å². The summed E-state index contributed by atoms with van der Waals surface area (Å²) in [6, 6.07) is 5.08. The maximum absolute atomic E-state index is 13.9. The van der Waals surface area contributed by atoms with Crippen molar-refractivity contribution < 1.29 is 14.0 Å². The Morgan fingerprint density at radius 1 is 1.28 bits per heavy atom. The molecule has 0 radical (unpaired) electrons. The van der Waals surface area contributed by atoms with Crippen molar-refractivity contribution in [1.82, 2.24) is 10.3 Å². The van der Waals surface area contributed by atoms with E-state index in [1.54, 1.807) is 0 Å². The molecular formula is C17H15BrFN3O3. The van der Waals surface area contributed by atoms with Crippen LogP contribution >= 0.6 is 15.9 Å². The highest BCUT2D eigenvalue weighted by atomic mass is 79.9. The molecule has 0 saturated carbocycles. The summed E-state index contributed by atoms with van der Waals surface area (Å²) < 4.78 is 14.5. The van der Waals surface area contributed by atoms with Crippen LogP contribution in [0, 0.1) is 5.82 Å². The second-order valence-electron chi connectivity index (χ2n) is 5.85. The molecule has 1 aromatic heterocycles. The van der Waals surface area contributed by atoms with Gasteiger partial charge in [0.15, 0.2) is 0 Å². The van der Waals surface area contributed by atoms with E-state index in [0.717, 1.165) is 6.42 Å². The van der Waals surface area contributed by atoms with Gasteiger partial charge in [0, 0.05) is 10.2 Å². The fraction of sp³-hybridized carbons (Fsp3) is 0.235. The molecule has 0 bridgehead atoms. The molecule has 4 N–H and O–H groups in total. The summed E-state index contributed by atoms with van der Waals surface area (Å²) >= 11 is 3.21. The molecule has 1 unspecified atom stereocenters. The summed E-state index contributed by atoms with van der Waals surface area (Å²) in [5.41, 5.74) is 5.72. The average Bonchev–Trinajstić information content (AvgIpc) is 2.56. The number of carbonyl (C=O) groups is 2. The van der Waals surface area contributed by atoms with Gasteiger partial charge in [-0.25, -0.2) is 4.39 Å². The average molecular weight is 408 g/mol. The van der Waals surface area contributed by atoms with Gasteiger partial charge in [0.05, 0.1) is 11.6 Å². The predicted molar refractivity (Wildman–Crippen MR) is 92.8 cm³/mol. The first-order chi connectivity index (χ1) is 11.9. The number of aromatic amines is 1. The SMILES string of the molecule is NC(=O)c1cc2c([nH]c1=O)CCCC2NC(=O)c1cc(Br)ccc1F. The minimum absolute atomic E-state index is 0.0824. The van der Waals surface area contributed by atoms with Crippen molar-refractivity contribution in [2.45, 2.75) is 25.3 Å². The first-order valence-electron chi connectivity index (χ1n) is 7.68. The van der Waals surface area contributed by atoms with E-state index in [1.807, 2.05) is 0 Å². The molecular weight excluding hydrogens is 393 g/mol. The molecule has 0 fully saturated rings. The van der Waals surface area contributed by atoms with E-state index in [-0.39, 0.29) is 11.1 Å². The van der Waals surface area contributed by atoms with Crippen molar-refractivity contribution in [3.63, 3.8) is 0 Å². The zero-order valence-corrected chi connectivity index (χ0v) is 14.7. The van der Waals surface area contributed by atoms with Crippen molar-refractivity contribution in [2.24, 2.45) is 5.73 Å². The van der Waals surface area contributed by atoms with Crippen LogP contribution in [0.1, 0.15) is 50.9 Å². The molecule has 3 rings (SSSR count). The van der Waals surface area contributed by atoms with Crippen LogP contribution in [0.4, 0.5) is 4.39 Å². The second kappa shape index (κ2) is 6.79. The number of halogens is 2. The fourth-order valence-corrected chi connectivity index (χ4v) is 3.34. The molecule has 0 saturated heterocycles. The molecule has 1 heterocycles. The van der Waals surface area contributed by atoms with Gasteiger partial charge in [-0.15, -0.1) is 0 Å². The highest BCUT2D eigenvalue weighted by Crippen LogP contribution is 2.29. The lowest BCUT2D eigenvalue weighted by molar-refractivity contribution is 0.0928. The molecule has 1 aliphatic rings. The largest absolute Gasteiger partial charge is 0.365 e. The molecule has 0 spiro atoms. The quantitative estimate of drug-likeness (QED) is 0.725. The molecule has 2 aromatic rings. The number of nitrogens with two attached hydrogens (primary N) is 1. The Hall–Kier alpha value is -2.48. The number of aryl methyl sites for hydroxylation is 1. The van der Waals surface area contributed by atoms with Crippen LogP contribution in [-0.2, 0) is 6.42 Å². The number of hydrogen-bond acceptors (Lipinski definition) is 3. The third kappa shape index (κ3) is 3.48. The number of pyridine rings is 1. The van der Waals surface area contributed by atoms with E-state index < -0.39 is 29.2 Å². The third-order valence-corrected chi connectivity index (χ3v) is 4.69. The first kappa shape index (κ1) is 17.3. The van der Waals surface area contributed by atoms with Crippen molar-refractivity contribution >= 4 is 27.7 Å². The fourth-order valence-electron chi connectivity index (χ4n) is 2.98. The molecule has 1 atom stereocenters. The number of hydrogen-bond donors (Lipinski definition) is 3. The Balaban J connectivity index is 1.94. The maximum Gasteiger partial charge on any atom is 0.261 e. The number of rotatable bonds is 3.